The number of hydrogen-bond acceptors (Lipinski definition) is 3. The summed E-state index contributed by atoms with van der Waals surface area (Å²) >= 11 is 11.9. The van der Waals surface area contributed by atoms with E-state index < -0.39 is 17.9 Å². The Labute approximate surface area is 130 Å². The topological polar surface area (TPSA) is 84.2 Å². The van der Waals surface area contributed by atoms with E-state index in [4.69, 9.17) is 28.3 Å². The van der Waals surface area contributed by atoms with Gasteiger partial charge in [0, 0.05) is 6.20 Å². The molecule has 0 radical (unpaired) electrons. The molecule has 21 heavy (non-hydrogen) atoms. The van der Waals surface area contributed by atoms with E-state index in [9.17, 15) is 9.59 Å². The Hall–Kier alpha value is -2.05. The maximum absolute atomic E-state index is 12.1. The predicted octanol–water partition coefficient (Wildman–Crippen LogP) is 3.09. The van der Waals surface area contributed by atoms with Gasteiger partial charge in [-0.1, -0.05) is 29.3 Å². The molecule has 6 nitrogen and oxygen atoms in total. The number of aromatic nitrogens is 2. The minimum atomic E-state index is -1.04. The van der Waals surface area contributed by atoms with Gasteiger partial charge in [0.2, 0.25) is 0 Å². The van der Waals surface area contributed by atoms with Crippen LogP contribution in [-0.4, -0.2) is 26.8 Å². The molecule has 1 amide bonds. The third kappa shape index (κ3) is 3.34. The number of carbonyl (C=O) groups is 2. The number of carboxylic acid groups (broad SMARTS) is 1. The lowest BCUT2D eigenvalue weighted by atomic mass is 10.3. The predicted molar refractivity (Wildman–Crippen MR) is 79.0 cm³/mol. The molecule has 2 N–H and O–H groups in total. The number of nitrogens with one attached hydrogen (secondary N) is 1. The minimum absolute atomic E-state index is 0.0686. The van der Waals surface area contributed by atoms with Gasteiger partial charge in [0.1, 0.15) is 6.04 Å². The van der Waals surface area contributed by atoms with Gasteiger partial charge in [-0.15, -0.1) is 0 Å². The molecule has 1 aromatic heterocycles. The Morgan fingerprint density at radius 2 is 1.90 bits per heavy atom. The van der Waals surface area contributed by atoms with Crippen LogP contribution in [0.25, 0.3) is 0 Å². The molecule has 8 heteroatoms. The second-order valence-corrected chi connectivity index (χ2v) is 5.06. The van der Waals surface area contributed by atoms with Crippen LogP contribution < -0.4 is 5.32 Å². The van der Waals surface area contributed by atoms with Crippen LogP contribution in [0.2, 0.25) is 10.0 Å². The Bertz CT molecular complexity index is 679. The lowest BCUT2D eigenvalue weighted by molar-refractivity contribution is -0.140. The van der Waals surface area contributed by atoms with Crippen molar-refractivity contribution in [2.24, 2.45) is 0 Å². The van der Waals surface area contributed by atoms with E-state index in [0.29, 0.717) is 10.0 Å². The zero-order chi connectivity index (χ0) is 15.6. The average molecular weight is 328 g/mol. The summed E-state index contributed by atoms with van der Waals surface area (Å²) in [5.41, 5.74) is 0.353. The average Bonchev–Trinajstić information content (AvgIpc) is 2.91. The van der Waals surface area contributed by atoms with E-state index in [1.54, 1.807) is 18.2 Å². The number of anilines is 1. The third-order valence-corrected chi connectivity index (χ3v) is 3.43. The Morgan fingerprint density at radius 3 is 2.48 bits per heavy atom. The van der Waals surface area contributed by atoms with Crippen LogP contribution in [0.5, 0.6) is 0 Å². The summed E-state index contributed by atoms with van der Waals surface area (Å²) < 4.78 is 1.19. The third-order valence-electron chi connectivity index (χ3n) is 2.80. The molecular formula is C13H11Cl2N3O3. The fraction of sp³-hybridized carbons (Fsp3) is 0.154. The normalized spacial score (nSPS) is 12.0. The largest absolute Gasteiger partial charge is 0.480 e. The maximum Gasteiger partial charge on any atom is 0.328 e. The van der Waals surface area contributed by atoms with Crippen molar-refractivity contribution < 1.29 is 14.7 Å². The maximum atomic E-state index is 12.1. The van der Waals surface area contributed by atoms with Gasteiger partial charge in [0.05, 0.1) is 15.7 Å². The fourth-order valence-electron chi connectivity index (χ4n) is 1.58. The summed E-state index contributed by atoms with van der Waals surface area (Å²) in [6.07, 6.45) is 1.42. The number of rotatable bonds is 4. The number of hydrogen-bond donors (Lipinski definition) is 2. The van der Waals surface area contributed by atoms with Gasteiger partial charge in [-0.2, -0.15) is 5.10 Å². The molecule has 0 saturated carbocycles. The summed E-state index contributed by atoms with van der Waals surface area (Å²) in [6.45, 7) is 1.46. The summed E-state index contributed by atoms with van der Waals surface area (Å²) in [5, 5.41) is 16.0. The Balaban J connectivity index is 2.20. The lowest BCUT2D eigenvalue weighted by Crippen LogP contribution is -2.18. The van der Waals surface area contributed by atoms with Gasteiger partial charge in [-0.25, -0.2) is 4.79 Å². The summed E-state index contributed by atoms with van der Waals surface area (Å²) in [4.78, 5) is 22.9. The van der Waals surface area contributed by atoms with E-state index in [1.165, 1.54) is 23.9 Å². The standard InChI is InChI=1S/C13H11Cl2N3O3/c1-7(13(20)21)18-6-5-10(17-18)12(19)16-11-8(14)3-2-4-9(11)15/h2-7H,1H3,(H,16,19)(H,20,21). The van der Waals surface area contributed by atoms with Crippen LogP contribution in [0.1, 0.15) is 23.5 Å². The first-order valence-electron chi connectivity index (χ1n) is 5.93. The van der Waals surface area contributed by atoms with Crippen molar-refractivity contribution in [3.8, 4) is 0 Å². The SMILES string of the molecule is CC(C(=O)O)n1ccc(C(=O)Nc2c(Cl)cccc2Cl)n1. The molecule has 1 heterocycles. The number of carboxylic acids is 1. The van der Waals surface area contributed by atoms with Crippen molar-refractivity contribution in [1.29, 1.82) is 0 Å². The fourth-order valence-corrected chi connectivity index (χ4v) is 2.07. The van der Waals surface area contributed by atoms with Crippen molar-refractivity contribution in [1.82, 2.24) is 9.78 Å². The number of halogens is 2. The first kappa shape index (κ1) is 15.3. The van der Waals surface area contributed by atoms with Crippen LogP contribution >= 0.6 is 23.2 Å². The first-order valence-corrected chi connectivity index (χ1v) is 6.69. The molecule has 0 aliphatic rings. The molecule has 0 aliphatic heterocycles. The summed E-state index contributed by atoms with van der Waals surface area (Å²) in [6, 6.07) is 5.39. The molecule has 0 spiro atoms. The first-order chi connectivity index (χ1) is 9.90. The molecule has 0 saturated heterocycles. The highest BCUT2D eigenvalue weighted by Gasteiger charge is 2.18. The summed E-state index contributed by atoms with van der Waals surface area (Å²) in [5.74, 6) is -1.57. The van der Waals surface area contributed by atoms with Crippen LogP contribution in [0.4, 0.5) is 5.69 Å². The van der Waals surface area contributed by atoms with Gasteiger partial charge < -0.3 is 10.4 Å². The van der Waals surface area contributed by atoms with Crippen molar-refractivity contribution >= 4 is 40.8 Å². The highest BCUT2D eigenvalue weighted by molar-refractivity contribution is 6.39. The number of carbonyl (C=O) groups excluding carboxylic acids is 1. The number of amides is 1. The minimum Gasteiger partial charge on any atom is -0.480 e. The molecule has 2 rings (SSSR count). The molecule has 0 fully saturated rings. The molecule has 1 unspecified atom stereocenters. The highest BCUT2D eigenvalue weighted by atomic mass is 35.5. The molecule has 1 atom stereocenters. The van der Waals surface area contributed by atoms with Crippen molar-refractivity contribution in [2.75, 3.05) is 5.32 Å². The number of aliphatic carboxylic acids is 1. The van der Waals surface area contributed by atoms with Crippen molar-refractivity contribution in [3.05, 3.63) is 46.2 Å². The van der Waals surface area contributed by atoms with Crippen LogP contribution in [-0.2, 0) is 4.79 Å². The molecular weight excluding hydrogens is 317 g/mol. The lowest BCUT2D eigenvalue weighted by Gasteiger charge is -2.08. The van der Waals surface area contributed by atoms with Gasteiger partial charge in [0.15, 0.2) is 5.69 Å². The highest BCUT2D eigenvalue weighted by Crippen LogP contribution is 2.30. The van der Waals surface area contributed by atoms with Gasteiger partial charge in [-0.05, 0) is 25.1 Å². The summed E-state index contributed by atoms with van der Waals surface area (Å²) in [7, 11) is 0. The van der Waals surface area contributed by atoms with E-state index in [2.05, 4.69) is 10.4 Å². The van der Waals surface area contributed by atoms with Gasteiger partial charge in [0.25, 0.3) is 5.91 Å². The van der Waals surface area contributed by atoms with Gasteiger partial charge >= 0.3 is 5.97 Å². The van der Waals surface area contributed by atoms with E-state index in [-0.39, 0.29) is 11.4 Å². The smallest absolute Gasteiger partial charge is 0.328 e. The van der Waals surface area contributed by atoms with Crippen molar-refractivity contribution in [2.45, 2.75) is 13.0 Å². The zero-order valence-electron chi connectivity index (χ0n) is 10.9. The van der Waals surface area contributed by atoms with Crippen LogP contribution in [0.15, 0.2) is 30.5 Å². The molecule has 0 bridgehead atoms. The van der Waals surface area contributed by atoms with E-state index >= 15 is 0 Å². The monoisotopic (exact) mass is 327 g/mol. The molecule has 1 aromatic carbocycles. The molecule has 0 aliphatic carbocycles. The Morgan fingerprint density at radius 1 is 1.29 bits per heavy atom. The van der Waals surface area contributed by atoms with Crippen LogP contribution in [0.3, 0.4) is 0 Å². The Kier molecular flexibility index (Phi) is 4.50. The quantitative estimate of drug-likeness (QED) is 0.903. The zero-order valence-corrected chi connectivity index (χ0v) is 12.4. The number of benzene rings is 1. The van der Waals surface area contributed by atoms with Crippen molar-refractivity contribution in [3.63, 3.8) is 0 Å². The second kappa shape index (κ2) is 6.15. The number of nitrogens with zero attached hydrogens (tertiary/aromatic N) is 2. The second-order valence-electron chi connectivity index (χ2n) is 4.25. The van der Waals surface area contributed by atoms with Gasteiger partial charge in [-0.3, -0.25) is 9.48 Å². The van der Waals surface area contributed by atoms with E-state index in [0.717, 1.165) is 0 Å². The molecule has 110 valence electrons. The molecule has 2 aromatic rings. The van der Waals surface area contributed by atoms with Crippen LogP contribution in [0, 0.1) is 0 Å². The number of para-hydroxylation sites is 1. The van der Waals surface area contributed by atoms with E-state index in [1.807, 2.05) is 0 Å².